The van der Waals surface area contributed by atoms with Crippen molar-refractivity contribution in [2.75, 3.05) is 0 Å². The van der Waals surface area contributed by atoms with Gasteiger partial charge in [-0.05, 0) is 31.5 Å². The molecule has 0 aliphatic rings. The molecule has 23 heavy (non-hydrogen) atoms. The smallest absolute Gasteiger partial charge is 0.240 e. The molecule has 2 rings (SSSR count). The number of halogens is 1. The van der Waals surface area contributed by atoms with Crippen LogP contribution < -0.4 is 5.32 Å². The number of nitrogens with zero attached hydrogens (tertiary/aromatic N) is 2. The zero-order valence-corrected chi connectivity index (χ0v) is 14.7. The van der Waals surface area contributed by atoms with Crippen molar-refractivity contribution in [1.82, 2.24) is 14.9 Å². The summed E-state index contributed by atoms with van der Waals surface area (Å²) in [5, 5.41) is 13.7. The Bertz CT molecular complexity index is 673. The first kappa shape index (κ1) is 17.8. The van der Waals surface area contributed by atoms with E-state index in [1.54, 1.807) is 10.8 Å². The van der Waals surface area contributed by atoms with E-state index in [1.807, 2.05) is 38.1 Å². The molecule has 1 heterocycles. The van der Waals surface area contributed by atoms with Gasteiger partial charge in [-0.2, -0.15) is 0 Å². The quantitative estimate of drug-likeness (QED) is 0.751. The number of aliphatic hydroxyl groups is 1. The molecule has 2 aromatic rings. The standard InChI is InChI=1S/C16H20ClN3O2S/c1-11(2)19-15(22)8-20-14(9-21)7-18-16(20)23-10-12-4-3-5-13(17)6-12/h3-7,11,21H,8-10H2,1-2H3,(H,19,22). The second-order valence-electron chi connectivity index (χ2n) is 5.42. The number of rotatable bonds is 7. The lowest BCUT2D eigenvalue weighted by Crippen LogP contribution is -2.33. The summed E-state index contributed by atoms with van der Waals surface area (Å²) in [5.41, 5.74) is 1.70. The predicted molar refractivity (Wildman–Crippen MR) is 92.4 cm³/mol. The van der Waals surface area contributed by atoms with Crippen molar-refractivity contribution in [3.05, 3.63) is 46.7 Å². The molecule has 1 aromatic carbocycles. The Labute approximate surface area is 145 Å². The largest absolute Gasteiger partial charge is 0.390 e. The predicted octanol–water partition coefficient (Wildman–Crippen LogP) is 2.85. The Kier molecular flexibility index (Phi) is 6.50. The molecule has 0 saturated carbocycles. The van der Waals surface area contributed by atoms with E-state index in [4.69, 9.17) is 11.6 Å². The first-order chi connectivity index (χ1) is 11.0. The van der Waals surface area contributed by atoms with Crippen LogP contribution in [0.4, 0.5) is 0 Å². The summed E-state index contributed by atoms with van der Waals surface area (Å²) in [7, 11) is 0. The number of imidazole rings is 1. The van der Waals surface area contributed by atoms with Gasteiger partial charge >= 0.3 is 0 Å². The van der Waals surface area contributed by atoms with Crippen LogP contribution in [0.15, 0.2) is 35.6 Å². The van der Waals surface area contributed by atoms with Gasteiger partial charge in [0.25, 0.3) is 0 Å². The molecule has 124 valence electrons. The van der Waals surface area contributed by atoms with Gasteiger partial charge in [0.1, 0.15) is 6.54 Å². The normalized spacial score (nSPS) is 11.0. The number of nitrogens with one attached hydrogen (secondary N) is 1. The summed E-state index contributed by atoms with van der Waals surface area (Å²) in [6.07, 6.45) is 1.60. The molecule has 7 heteroatoms. The zero-order valence-electron chi connectivity index (χ0n) is 13.1. The van der Waals surface area contributed by atoms with E-state index < -0.39 is 0 Å². The summed E-state index contributed by atoms with van der Waals surface area (Å²) in [4.78, 5) is 16.3. The second kappa shape index (κ2) is 8.38. The molecule has 5 nitrogen and oxygen atoms in total. The highest BCUT2D eigenvalue weighted by atomic mass is 35.5. The van der Waals surface area contributed by atoms with E-state index in [1.165, 1.54) is 11.8 Å². The maximum absolute atomic E-state index is 12.0. The van der Waals surface area contributed by atoms with Crippen LogP contribution in [0.1, 0.15) is 25.1 Å². The highest BCUT2D eigenvalue weighted by Crippen LogP contribution is 2.24. The Morgan fingerprint density at radius 1 is 1.48 bits per heavy atom. The molecule has 0 fully saturated rings. The van der Waals surface area contributed by atoms with E-state index in [-0.39, 0.29) is 25.1 Å². The Hall–Kier alpha value is -1.50. The van der Waals surface area contributed by atoms with Gasteiger partial charge in [-0.25, -0.2) is 4.98 Å². The van der Waals surface area contributed by atoms with E-state index in [2.05, 4.69) is 10.3 Å². The molecular formula is C16H20ClN3O2S. The first-order valence-electron chi connectivity index (χ1n) is 7.31. The minimum atomic E-state index is -0.153. The molecule has 0 saturated heterocycles. The third kappa shape index (κ3) is 5.27. The lowest BCUT2D eigenvalue weighted by atomic mass is 10.2. The van der Waals surface area contributed by atoms with Crippen LogP contribution in [0.5, 0.6) is 0 Å². The van der Waals surface area contributed by atoms with Gasteiger partial charge in [0.15, 0.2) is 5.16 Å². The van der Waals surface area contributed by atoms with Crippen LogP contribution in [-0.4, -0.2) is 26.6 Å². The van der Waals surface area contributed by atoms with Crippen LogP contribution >= 0.6 is 23.4 Å². The highest BCUT2D eigenvalue weighted by Gasteiger charge is 2.14. The van der Waals surface area contributed by atoms with E-state index in [0.717, 1.165) is 5.56 Å². The lowest BCUT2D eigenvalue weighted by Gasteiger charge is -2.12. The third-order valence-electron chi connectivity index (χ3n) is 3.07. The topological polar surface area (TPSA) is 67.2 Å². The van der Waals surface area contributed by atoms with Crippen molar-refractivity contribution < 1.29 is 9.90 Å². The third-order valence-corrected chi connectivity index (χ3v) is 4.37. The average Bonchev–Trinajstić information content (AvgIpc) is 2.86. The summed E-state index contributed by atoms with van der Waals surface area (Å²) < 4.78 is 1.74. The first-order valence-corrected chi connectivity index (χ1v) is 8.68. The second-order valence-corrected chi connectivity index (χ2v) is 6.80. The summed E-state index contributed by atoms with van der Waals surface area (Å²) in [5.74, 6) is 0.589. The molecule has 0 atom stereocenters. The average molecular weight is 354 g/mol. The van der Waals surface area contributed by atoms with Crippen LogP contribution in [0.2, 0.25) is 5.02 Å². The van der Waals surface area contributed by atoms with Gasteiger partial charge in [-0.15, -0.1) is 0 Å². The SMILES string of the molecule is CC(C)NC(=O)Cn1c(CO)cnc1SCc1cccc(Cl)c1. The molecule has 1 amide bonds. The lowest BCUT2D eigenvalue weighted by molar-refractivity contribution is -0.122. The number of hydrogen-bond donors (Lipinski definition) is 2. The number of hydrogen-bond acceptors (Lipinski definition) is 4. The van der Waals surface area contributed by atoms with E-state index >= 15 is 0 Å². The number of carbonyl (C=O) groups is 1. The van der Waals surface area contributed by atoms with Crippen LogP contribution in [0, 0.1) is 0 Å². The van der Waals surface area contributed by atoms with Gasteiger partial charge in [-0.1, -0.05) is 35.5 Å². The number of benzene rings is 1. The number of carbonyl (C=O) groups excluding carboxylic acids is 1. The van der Waals surface area contributed by atoms with Crippen molar-refractivity contribution >= 4 is 29.3 Å². The Morgan fingerprint density at radius 2 is 2.26 bits per heavy atom. The summed E-state index contributed by atoms with van der Waals surface area (Å²) in [6, 6.07) is 7.70. The van der Waals surface area contributed by atoms with Gasteiger partial charge < -0.3 is 15.0 Å². The fraction of sp³-hybridized carbons (Fsp3) is 0.375. The van der Waals surface area contributed by atoms with Crippen LogP contribution in [-0.2, 0) is 23.7 Å². The van der Waals surface area contributed by atoms with E-state index in [9.17, 15) is 9.90 Å². The van der Waals surface area contributed by atoms with Crippen molar-refractivity contribution in [3.63, 3.8) is 0 Å². The Balaban J connectivity index is 2.09. The van der Waals surface area contributed by atoms with Gasteiger partial charge in [0.2, 0.25) is 5.91 Å². The molecule has 0 aliphatic carbocycles. The fourth-order valence-corrected chi connectivity index (χ4v) is 3.24. The molecule has 2 N–H and O–H groups in total. The molecule has 0 unspecified atom stereocenters. The van der Waals surface area contributed by atoms with Crippen molar-refractivity contribution in [2.24, 2.45) is 0 Å². The van der Waals surface area contributed by atoms with Crippen LogP contribution in [0.25, 0.3) is 0 Å². The van der Waals surface area contributed by atoms with Crippen molar-refractivity contribution in [2.45, 2.75) is 44.0 Å². The minimum Gasteiger partial charge on any atom is -0.390 e. The van der Waals surface area contributed by atoms with Gasteiger partial charge in [-0.3, -0.25) is 4.79 Å². The van der Waals surface area contributed by atoms with E-state index in [0.29, 0.717) is 21.6 Å². The summed E-state index contributed by atoms with van der Waals surface area (Å²) in [6.45, 7) is 3.81. The number of aromatic nitrogens is 2. The monoisotopic (exact) mass is 353 g/mol. The van der Waals surface area contributed by atoms with Gasteiger partial charge in [0, 0.05) is 16.8 Å². The number of amides is 1. The number of aliphatic hydroxyl groups excluding tert-OH is 1. The molecular weight excluding hydrogens is 334 g/mol. The van der Waals surface area contributed by atoms with Crippen molar-refractivity contribution in [3.8, 4) is 0 Å². The maximum atomic E-state index is 12.0. The zero-order chi connectivity index (χ0) is 16.8. The minimum absolute atomic E-state index is 0.0751. The molecule has 0 bridgehead atoms. The maximum Gasteiger partial charge on any atom is 0.240 e. The number of thioether (sulfide) groups is 1. The van der Waals surface area contributed by atoms with Gasteiger partial charge in [0.05, 0.1) is 18.5 Å². The fourth-order valence-electron chi connectivity index (χ4n) is 2.09. The Morgan fingerprint density at radius 3 is 2.91 bits per heavy atom. The molecule has 0 radical (unpaired) electrons. The van der Waals surface area contributed by atoms with Crippen LogP contribution in [0.3, 0.4) is 0 Å². The molecule has 0 spiro atoms. The molecule has 0 aliphatic heterocycles. The highest BCUT2D eigenvalue weighted by molar-refractivity contribution is 7.98. The van der Waals surface area contributed by atoms with Crippen molar-refractivity contribution in [1.29, 1.82) is 0 Å². The molecule has 1 aromatic heterocycles. The summed E-state index contributed by atoms with van der Waals surface area (Å²) >= 11 is 7.49.